The molecule has 1 saturated heterocycles. The molecular formula is C14H20ClN3O2. The summed E-state index contributed by atoms with van der Waals surface area (Å²) in [5.74, 6) is -0.156. The smallest absolute Gasteiger partial charge is 0.252 e. The number of nitrogens with two attached hydrogens (primary N) is 1. The van der Waals surface area contributed by atoms with E-state index in [-0.39, 0.29) is 5.91 Å². The second-order valence-electron chi connectivity index (χ2n) is 4.80. The molecule has 0 bridgehead atoms. The minimum Gasteiger partial charge on any atom is -0.399 e. The number of benzene rings is 1. The summed E-state index contributed by atoms with van der Waals surface area (Å²) < 4.78 is 5.29. The van der Waals surface area contributed by atoms with Crippen molar-refractivity contribution in [3.8, 4) is 0 Å². The van der Waals surface area contributed by atoms with Crippen molar-refractivity contribution in [1.82, 2.24) is 10.2 Å². The Labute approximate surface area is 124 Å². The van der Waals surface area contributed by atoms with E-state index in [1.165, 1.54) is 0 Å². The number of hydrogen-bond donors (Lipinski definition) is 2. The molecule has 20 heavy (non-hydrogen) atoms. The molecule has 0 unspecified atom stereocenters. The Morgan fingerprint density at radius 3 is 2.85 bits per heavy atom. The van der Waals surface area contributed by atoms with E-state index in [0.717, 1.165) is 39.3 Å². The summed E-state index contributed by atoms with van der Waals surface area (Å²) in [6, 6.07) is 4.91. The fraction of sp³-hybridized carbons (Fsp3) is 0.500. The van der Waals surface area contributed by atoms with Crippen molar-refractivity contribution in [3.63, 3.8) is 0 Å². The van der Waals surface area contributed by atoms with E-state index in [2.05, 4.69) is 10.2 Å². The highest BCUT2D eigenvalue weighted by Crippen LogP contribution is 2.18. The highest BCUT2D eigenvalue weighted by Gasteiger charge is 2.11. The minimum atomic E-state index is -0.156. The molecule has 0 aromatic heterocycles. The number of anilines is 1. The molecule has 1 aliphatic heterocycles. The van der Waals surface area contributed by atoms with E-state index >= 15 is 0 Å². The molecule has 1 aromatic rings. The van der Waals surface area contributed by atoms with E-state index in [1.54, 1.807) is 18.2 Å². The van der Waals surface area contributed by atoms with Crippen LogP contribution in [-0.4, -0.2) is 50.2 Å². The third-order valence-corrected chi connectivity index (χ3v) is 3.59. The number of nitrogen functional groups attached to an aromatic ring is 1. The van der Waals surface area contributed by atoms with Crippen LogP contribution in [0.1, 0.15) is 16.8 Å². The van der Waals surface area contributed by atoms with Gasteiger partial charge in [0.15, 0.2) is 0 Å². The number of ether oxygens (including phenoxy) is 1. The van der Waals surface area contributed by atoms with Gasteiger partial charge in [0.05, 0.1) is 23.8 Å². The largest absolute Gasteiger partial charge is 0.399 e. The van der Waals surface area contributed by atoms with Crippen LogP contribution in [0.4, 0.5) is 5.69 Å². The van der Waals surface area contributed by atoms with Gasteiger partial charge >= 0.3 is 0 Å². The third kappa shape index (κ3) is 4.37. The number of amides is 1. The Morgan fingerprint density at radius 1 is 1.40 bits per heavy atom. The maximum absolute atomic E-state index is 12.0. The average Bonchev–Trinajstić information content (AvgIpc) is 2.44. The van der Waals surface area contributed by atoms with Crippen LogP contribution < -0.4 is 11.1 Å². The fourth-order valence-electron chi connectivity index (χ4n) is 2.14. The van der Waals surface area contributed by atoms with Gasteiger partial charge in [-0.3, -0.25) is 9.69 Å². The lowest BCUT2D eigenvalue weighted by molar-refractivity contribution is 0.0374. The zero-order chi connectivity index (χ0) is 14.4. The molecule has 2 rings (SSSR count). The van der Waals surface area contributed by atoms with Crippen LogP contribution in [0, 0.1) is 0 Å². The first kappa shape index (κ1) is 15.1. The SMILES string of the molecule is Nc1ccc(C(=O)NCCCN2CCOCC2)c(Cl)c1. The van der Waals surface area contributed by atoms with Crippen LogP contribution in [-0.2, 0) is 4.74 Å². The predicted octanol–water partition coefficient (Wildman–Crippen LogP) is 1.37. The summed E-state index contributed by atoms with van der Waals surface area (Å²) in [6.45, 7) is 5.15. The molecule has 0 saturated carbocycles. The number of hydrogen-bond acceptors (Lipinski definition) is 4. The van der Waals surface area contributed by atoms with Crippen molar-refractivity contribution in [1.29, 1.82) is 0 Å². The lowest BCUT2D eigenvalue weighted by Gasteiger charge is -2.26. The molecule has 5 nitrogen and oxygen atoms in total. The fourth-order valence-corrected chi connectivity index (χ4v) is 2.41. The number of halogens is 1. The molecule has 0 aliphatic carbocycles. The van der Waals surface area contributed by atoms with Gasteiger partial charge in [0, 0.05) is 25.3 Å². The predicted molar refractivity (Wildman–Crippen MR) is 80.1 cm³/mol. The van der Waals surface area contributed by atoms with Gasteiger partial charge in [-0.2, -0.15) is 0 Å². The van der Waals surface area contributed by atoms with Crippen molar-refractivity contribution < 1.29 is 9.53 Å². The Hall–Kier alpha value is -1.30. The van der Waals surface area contributed by atoms with E-state index in [4.69, 9.17) is 22.1 Å². The first-order chi connectivity index (χ1) is 9.66. The second kappa shape index (κ2) is 7.47. The third-order valence-electron chi connectivity index (χ3n) is 3.28. The molecule has 110 valence electrons. The van der Waals surface area contributed by atoms with Crippen molar-refractivity contribution >= 4 is 23.2 Å². The summed E-state index contributed by atoms with van der Waals surface area (Å²) >= 11 is 6.00. The van der Waals surface area contributed by atoms with Gasteiger partial charge in [0.2, 0.25) is 0 Å². The van der Waals surface area contributed by atoms with Crippen LogP contribution in [0.3, 0.4) is 0 Å². The number of morpholine rings is 1. The number of nitrogens with zero attached hydrogens (tertiary/aromatic N) is 1. The van der Waals surface area contributed by atoms with Gasteiger partial charge in [0.25, 0.3) is 5.91 Å². The van der Waals surface area contributed by atoms with Crippen LogP contribution in [0.15, 0.2) is 18.2 Å². The molecule has 1 amide bonds. The topological polar surface area (TPSA) is 67.6 Å². The summed E-state index contributed by atoms with van der Waals surface area (Å²) in [6.07, 6.45) is 0.915. The molecule has 0 atom stereocenters. The van der Waals surface area contributed by atoms with Gasteiger partial charge in [-0.25, -0.2) is 0 Å². The number of carbonyl (C=O) groups is 1. The van der Waals surface area contributed by atoms with Gasteiger partial charge in [0.1, 0.15) is 0 Å². The highest BCUT2D eigenvalue weighted by molar-refractivity contribution is 6.34. The van der Waals surface area contributed by atoms with Crippen molar-refractivity contribution in [2.75, 3.05) is 45.1 Å². The summed E-state index contributed by atoms with van der Waals surface area (Å²) in [7, 11) is 0. The van der Waals surface area contributed by atoms with E-state index in [9.17, 15) is 4.79 Å². The van der Waals surface area contributed by atoms with Crippen LogP contribution in [0.2, 0.25) is 5.02 Å². The van der Waals surface area contributed by atoms with Crippen molar-refractivity contribution in [2.24, 2.45) is 0 Å². The standard InChI is InChI=1S/C14H20ClN3O2/c15-13-10-11(16)2-3-12(13)14(19)17-4-1-5-18-6-8-20-9-7-18/h2-3,10H,1,4-9,16H2,(H,17,19). The second-order valence-corrected chi connectivity index (χ2v) is 5.21. The van der Waals surface area contributed by atoms with Gasteiger partial charge < -0.3 is 15.8 Å². The minimum absolute atomic E-state index is 0.156. The molecule has 6 heteroatoms. The lowest BCUT2D eigenvalue weighted by Crippen LogP contribution is -2.38. The summed E-state index contributed by atoms with van der Waals surface area (Å²) in [5.41, 5.74) is 6.62. The molecule has 1 fully saturated rings. The lowest BCUT2D eigenvalue weighted by atomic mass is 10.2. The number of nitrogens with one attached hydrogen (secondary N) is 1. The number of rotatable bonds is 5. The van der Waals surface area contributed by atoms with E-state index in [1.807, 2.05) is 0 Å². The Kier molecular flexibility index (Phi) is 5.64. The summed E-state index contributed by atoms with van der Waals surface area (Å²) in [5, 5.41) is 3.26. The van der Waals surface area contributed by atoms with Crippen molar-refractivity contribution in [3.05, 3.63) is 28.8 Å². The molecule has 1 aliphatic rings. The van der Waals surface area contributed by atoms with Gasteiger partial charge in [-0.15, -0.1) is 0 Å². The maximum atomic E-state index is 12.0. The Balaban J connectivity index is 1.72. The first-order valence-electron chi connectivity index (χ1n) is 6.80. The monoisotopic (exact) mass is 297 g/mol. The van der Waals surface area contributed by atoms with Crippen LogP contribution in [0.5, 0.6) is 0 Å². The van der Waals surface area contributed by atoms with E-state index < -0.39 is 0 Å². The molecule has 1 heterocycles. The van der Waals surface area contributed by atoms with Crippen LogP contribution in [0.25, 0.3) is 0 Å². The quantitative estimate of drug-likeness (QED) is 0.636. The molecular weight excluding hydrogens is 278 g/mol. The van der Waals surface area contributed by atoms with Gasteiger partial charge in [-0.1, -0.05) is 11.6 Å². The van der Waals surface area contributed by atoms with Gasteiger partial charge in [-0.05, 0) is 31.2 Å². The zero-order valence-corrected chi connectivity index (χ0v) is 12.2. The van der Waals surface area contributed by atoms with Crippen LogP contribution >= 0.6 is 11.6 Å². The van der Waals surface area contributed by atoms with E-state index in [0.29, 0.717) is 22.8 Å². The zero-order valence-electron chi connectivity index (χ0n) is 11.4. The molecule has 0 radical (unpaired) electrons. The Bertz CT molecular complexity index is 462. The Morgan fingerprint density at radius 2 is 2.15 bits per heavy atom. The number of carbonyl (C=O) groups excluding carboxylic acids is 1. The normalized spacial score (nSPS) is 16.1. The maximum Gasteiger partial charge on any atom is 0.252 e. The van der Waals surface area contributed by atoms with Crippen molar-refractivity contribution in [2.45, 2.75) is 6.42 Å². The molecule has 3 N–H and O–H groups in total. The molecule has 1 aromatic carbocycles. The average molecular weight is 298 g/mol. The summed E-state index contributed by atoms with van der Waals surface area (Å²) in [4.78, 5) is 14.3. The highest BCUT2D eigenvalue weighted by atomic mass is 35.5. The first-order valence-corrected chi connectivity index (χ1v) is 7.18. The molecule has 0 spiro atoms.